The molecule has 2 fully saturated rings. The van der Waals surface area contributed by atoms with Gasteiger partial charge in [0.25, 0.3) is 0 Å². The van der Waals surface area contributed by atoms with E-state index in [0.717, 1.165) is 48.3 Å². The summed E-state index contributed by atoms with van der Waals surface area (Å²) in [5.41, 5.74) is 0. The fraction of sp³-hybridized carbons (Fsp3) is 0.632. The molecule has 3 rings (SSSR count). The fourth-order valence-corrected chi connectivity index (χ4v) is 4.11. The summed E-state index contributed by atoms with van der Waals surface area (Å²) in [5, 5.41) is 7.60. The zero-order valence-corrected chi connectivity index (χ0v) is 19.3. The van der Waals surface area contributed by atoms with Crippen molar-refractivity contribution in [2.45, 2.75) is 37.1 Å². The number of guanidine groups is 1. The molecule has 1 aliphatic carbocycles. The molecule has 4 nitrogen and oxygen atoms in total. The highest BCUT2D eigenvalue weighted by atomic mass is 127. The Morgan fingerprint density at radius 3 is 2.69 bits per heavy atom. The normalized spacial score (nSPS) is 20.7. The number of aliphatic imine (C=N–C) groups is 1. The number of rotatable bonds is 8. The molecule has 0 aromatic heterocycles. The van der Waals surface area contributed by atoms with Crippen LogP contribution >= 0.6 is 47.3 Å². The van der Waals surface area contributed by atoms with Gasteiger partial charge in [0.2, 0.25) is 0 Å². The minimum atomic E-state index is 0. The summed E-state index contributed by atoms with van der Waals surface area (Å²) < 4.78 is 0. The SMILES string of the molecule is CCNC(=NCC1CCN(C2CC2)C1)NCCSc1ccc(Cl)cc1.I. The van der Waals surface area contributed by atoms with E-state index in [2.05, 4.69) is 34.6 Å². The maximum Gasteiger partial charge on any atom is 0.191 e. The first kappa shape index (κ1) is 22.1. The number of nitrogens with one attached hydrogen (secondary N) is 2. The minimum absolute atomic E-state index is 0. The van der Waals surface area contributed by atoms with Crippen LogP contribution in [0, 0.1) is 5.92 Å². The van der Waals surface area contributed by atoms with Crippen molar-refractivity contribution in [2.24, 2.45) is 10.9 Å². The van der Waals surface area contributed by atoms with Gasteiger partial charge < -0.3 is 15.5 Å². The van der Waals surface area contributed by atoms with Crippen LogP contribution in [0.5, 0.6) is 0 Å². The molecule has 26 heavy (non-hydrogen) atoms. The molecule has 2 N–H and O–H groups in total. The molecule has 1 atom stereocenters. The monoisotopic (exact) mass is 508 g/mol. The van der Waals surface area contributed by atoms with Crippen molar-refractivity contribution in [3.8, 4) is 0 Å². The van der Waals surface area contributed by atoms with E-state index in [4.69, 9.17) is 16.6 Å². The molecule has 0 bridgehead atoms. The molecule has 1 saturated carbocycles. The number of likely N-dealkylation sites (tertiary alicyclic amines) is 1. The van der Waals surface area contributed by atoms with Gasteiger partial charge in [0, 0.05) is 47.9 Å². The number of benzene rings is 1. The standard InChI is InChI=1S/C19H29ClN4S.HI/c1-2-21-19(22-10-12-25-18-7-3-16(20)4-8-18)23-13-15-9-11-24(14-15)17-5-6-17;/h3-4,7-8,15,17H,2,5-6,9-14H2,1H3,(H2,21,22,23);1H. The molecule has 0 amide bonds. The molecule has 0 radical (unpaired) electrons. The lowest BCUT2D eigenvalue weighted by atomic mass is 10.1. The third-order valence-corrected chi connectivity index (χ3v) is 5.97. The van der Waals surface area contributed by atoms with E-state index in [0.29, 0.717) is 0 Å². The third kappa shape index (κ3) is 7.44. The van der Waals surface area contributed by atoms with E-state index in [9.17, 15) is 0 Å². The Hall–Kier alpha value is -0.180. The van der Waals surface area contributed by atoms with Crippen molar-refractivity contribution >= 4 is 53.3 Å². The Morgan fingerprint density at radius 2 is 2.00 bits per heavy atom. The lowest BCUT2D eigenvalue weighted by Crippen LogP contribution is -2.38. The summed E-state index contributed by atoms with van der Waals surface area (Å²) in [6.07, 6.45) is 4.11. The Morgan fingerprint density at radius 1 is 1.23 bits per heavy atom. The van der Waals surface area contributed by atoms with E-state index < -0.39 is 0 Å². The molecule has 2 aliphatic rings. The van der Waals surface area contributed by atoms with Crippen LogP contribution in [-0.4, -0.2) is 55.4 Å². The van der Waals surface area contributed by atoms with Crippen LogP contribution in [0.2, 0.25) is 5.02 Å². The first-order valence-corrected chi connectivity index (χ1v) is 10.8. The highest BCUT2D eigenvalue weighted by molar-refractivity contribution is 14.0. The molecular weight excluding hydrogens is 479 g/mol. The second kappa shape index (κ2) is 11.6. The second-order valence-corrected chi connectivity index (χ2v) is 8.43. The van der Waals surface area contributed by atoms with E-state index in [1.165, 1.54) is 37.2 Å². The number of nitrogens with zero attached hydrogens (tertiary/aromatic N) is 2. The third-order valence-electron chi connectivity index (χ3n) is 4.71. The Balaban J connectivity index is 0.00000243. The summed E-state index contributed by atoms with van der Waals surface area (Å²) >= 11 is 7.75. The summed E-state index contributed by atoms with van der Waals surface area (Å²) in [7, 11) is 0. The lowest BCUT2D eigenvalue weighted by Gasteiger charge is -2.15. The van der Waals surface area contributed by atoms with E-state index >= 15 is 0 Å². The van der Waals surface area contributed by atoms with Gasteiger partial charge in [-0.1, -0.05) is 11.6 Å². The lowest BCUT2D eigenvalue weighted by molar-refractivity contribution is 0.315. The first-order chi connectivity index (χ1) is 12.2. The van der Waals surface area contributed by atoms with Crippen LogP contribution in [0.4, 0.5) is 0 Å². The van der Waals surface area contributed by atoms with E-state index in [1.807, 2.05) is 23.9 Å². The van der Waals surface area contributed by atoms with Gasteiger partial charge in [-0.3, -0.25) is 4.99 Å². The molecule has 1 heterocycles. The summed E-state index contributed by atoms with van der Waals surface area (Å²) in [4.78, 5) is 8.71. The predicted octanol–water partition coefficient (Wildman–Crippen LogP) is 4.09. The van der Waals surface area contributed by atoms with Crippen molar-refractivity contribution in [1.82, 2.24) is 15.5 Å². The van der Waals surface area contributed by atoms with Crippen molar-refractivity contribution in [2.75, 3.05) is 38.5 Å². The molecule has 7 heteroatoms. The molecule has 0 spiro atoms. The Labute approximate surface area is 183 Å². The Kier molecular flexibility index (Phi) is 9.88. The summed E-state index contributed by atoms with van der Waals surface area (Å²) in [5.74, 6) is 2.67. The second-order valence-electron chi connectivity index (χ2n) is 6.83. The zero-order chi connectivity index (χ0) is 17.5. The van der Waals surface area contributed by atoms with Gasteiger partial charge in [-0.05, 0) is 62.9 Å². The van der Waals surface area contributed by atoms with Crippen LogP contribution in [0.25, 0.3) is 0 Å². The topological polar surface area (TPSA) is 39.7 Å². The largest absolute Gasteiger partial charge is 0.357 e. The van der Waals surface area contributed by atoms with Crippen molar-refractivity contribution in [3.63, 3.8) is 0 Å². The molecule has 1 saturated heterocycles. The van der Waals surface area contributed by atoms with Crippen LogP contribution in [-0.2, 0) is 0 Å². The van der Waals surface area contributed by atoms with Gasteiger partial charge in [0.1, 0.15) is 0 Å². The first-order valence-electron chi connectivity index (χ1n) is 9.39. The molecule has 146 valence electrons. The van der Waals surface area contributed by atoms with Crippen LogP contribution in [0.3, 0.4) is 0 Å². The van der Waals surface area contributed by atoms with Crippen LogP contribution < -0.4 is 10.6 Å². The van der Waals surface area contributed by atoms with Gasteiger partial charge in [-0.25, -0.2) is 0 Å². The summed E-state index contributed by atoms with van der Waals surface area (Å²) in [6, 6.07) is 8.91. The van der Waals surface area contributed by atoms with Crippen LogP contribution in [0.15, 0.2) is 34.2 Å². The number of hydrogen-bond acceptors (Lipinski definition) is 3. The fourth-order valence-electron chi connectivity index (χ4n) is 3.21. The van der Waals surface area contributed by atoms with Gasteiger partial charge in [-0.2, -0.15) is 0 Å². The van der Waals surface area contributed by atoms with Gasteiger partial charge in [0.05, 0.1) is 0 Å². The molecular formula is C19H30ClIN4S. The molecule has 1 aliphatic heterocycles. The minimum Gasteiger partial charge on any atom is -0.357 e. The molecule has 1 aromatic carbocycles. The maximum atomic E-state index is 5.92. The van der Waals surface area contributed by atoms with Gasteiger partial charge in [-0.15, -0.1) is 35.7 Å². The van der Waals surface area contributed by atoms with E-state index in [-0.39, 0.29) is 24.0 Å². The average molecular weight is 509 g/mol. The van der Waals surface area contributed by atoms with Gasteiger partial charge >= 0.3 is 0 Å². The van der Waals surface area contributed by atoms with Gasteiger partial charge in [0.15, 0.2) is 5.96 Å². The average Bonchev–Trinajstić information content (AvgIpc) is 3.36. The predicted molar refractivity (Wildman–Crippen MR) is 124 cm³/mol. The smallest absolute Gasteiger partial charge is 0.191 e. The van der Waals surface area contributed by atoms with Crippen molar-refractivity contribution in [3.05, 3.63) is 29.3 Å². The Bertz CT molecular complexity index is 565. The van der Waals surface area contributed by atoms with Crippen molar-refractivity contribution in [1.29, 1.82) is 0 Å². The molecule has 1 unspecified atom stereocenters. The summed E-state index contributed by atoms with van der Waals surface area (Å²) in [6.45, 7) is 7.35. The quantitative estimate of drug-likeness (QED) is 0.182. The number of thioether (sulfide) groups is 1. The van der Waals surface area contributed by atoms with Crippen LogP contribution in [0.1, 0.15) is 26.2 Å². The maximum absolute atomic E-state index is 5.92. The number of halogens is 2. The highest BCUT2D eigenvalue weighted by Crippen LogP contribution is 2.31. The molecule has 1 aromatic rings. The van der Waals surface area contributed by atoms with Crippen molar-refractivity contribution < 1.29 is 0 Å². The number of hydrogen-bond donors (Lipinski definition) is 2. The zero-order valence-electron chi connectivity index (χ0n) is 15.4. The van der Waals surface area contributed by atoms with E-state index in [1.54, 1.807) is 0 Å². The highest BCUT2D eigenvalue weighted by Gasteiger charge is 2.34.